The molecule has 1 N–H and O–H groups in total. The Hall–Kier alpha value is -1.33. The monoisotopic (exact) mass is 351 g/mol. The normalized spacial score (nSPS) is 12.4. The molecule has 1 unspecified atom stereocenters. The highest BCUT2D eigenvalue weighted by Crippen LogP contribution is 2.29. The molecule has 0 aliphatic heterocycles. The molecule has 1 aromatic heterocycles. The standard InChI is InChI=1S/C16H22BrN3O/c1-4-18-12(3)15-8-14(17)6-7-16(15)21-11-13-9-19-20(5-2)10-13/h6-10,12,18H,4-5,11H2,1-3H3. The van der Waals surface area contributed by atoms with E-state index in [1.165, 1.54) is 0 Å². The van der Waals surface area contributed by atoms with Crippen molar-refractivity contribution >= 4 is 15.9 Å². The van der Waals surface area contributed by atoms with Gasteiger partial charge in [0.25, 0.3) is 0 Å². The predicted molar refractivity (Wildman–Crippen MR) is 88.5 cm³/mol. The first-order valence-electron chi connectivity index (χ1n) is 7.31. The van der Waals surface area contributed by atoms with E-state index in [9.17, 15) is 0 Å². The molecule has 2 aromatic rings. The molecule has 1 atom stereocenters. The van der Waals surface area contributed by atoms with Crippen LogP contribution in [0.1, 0.15) is 37.9 Å². The van der Waals surface area contributed by atoms with Gasteiger partial charge in [0.1, 0.15) is 12.4 Å². The first-order chi connectivity index (χ1) is 10.1. The highest BCUT2D eigenvalue weighted by Gasteiger charge is 2.12. The maximum Gasteiger partial charge on any atom is 0.124 e. The Morgan fingerprint density at radius 1 is 1.38 bits per heavy atom. The van der Waals surface area contributed by atoms with Crippen LogP contribution in [0, 0.1) is 0 Å². The number of halogens is 1. The number of nitrogens with zero attached hydrogens (tertiary/aromatic N) is 2. The zero-order valence-corrected chi connectivity index (χ0v) is 14.4. The summed E-state index contributed by atoms with van der Waals surface area (Å²) in [5.74, 6) is 0.913. The predicted octanol–water partition coefficient (Wildman–Crippen LogP) is 3.92. The zero-order valence-electron chi connectivity index (χ0n) is 12.8. The van der Waals surface area contributed by atoms with Crippen molar-refractivity contribution in [3.8, 4) is 5.75 Å². The third-order valence-electron chi connectivity index (χ3n) is 3.35. The molecule has 0 amide bonds. The van der Waals surface area contributed by atoms with Crippen LogP contribution in [0.15, 0.2) is 35.1 Å². The van der Waals surface area contributed by atoms with Crippen molar-refractivity contribution in [2.45, 2.75) is 40.0 Å². The lowest BCUT2D eigenvalue weighted by Crippen LogP contribution is -2.18. The van der Waals surface area contributed by atoms with Gasteiger partial charge < -0.3 is 10.1 Å². The number of hydrogen-bond acceptors (Lipinski definition) is 3. The quantitative estimate of drug-likeness (QED) is 0.821. The Kier molecular flexibility index (Phi) is 5.82. The molecular formula is C16H22BrN3O. The number of nitrogens with one attached hydrogen (secondary N) is 1. The third kappa shape index (κ3) is 4.32. The smallest absolute Gasteiger partial charge is 0.124 e. The summed E-state index contributed by atoms with van der Waals surface area (Å²) >= 11 is 3.53. The van der Waals surface area contributed by atoms with Crippen LogP contribution in [0.3, 0.4) is 0 Å². The Morgan fingerprint density at radius 2 is 2.19 bits per heavy atom. The maximum absolute atomic E-state index is 5.99. The highest BCUT2D eigenvalue weighted by molar-refractivity contribution is 9.10. The van der Waals surface area contributed by atoms with Gasteiger partial charge in [0.15, 0.2) is 0 Å². The Morgan fingerprint density at radius 3 is 2.86 bits per heavy atom. The highest BCUT2D eigenvalue weighted by atomic mass is 79.9. The summed E-state index contributed by atoms with van der Waals surface area (Å²) < 4.78 is 8.96. The lowest BCUT2D eigenvalue weighted by Gasteiger charge is -2.18. The van der Waals surface area contributed by atoms with Crippen LogP contribution < -0.4 is 10.1 Å². The SMILES string of the molecule is CCNC(C)c1cc(Br)ccc1OCc1cnn(CC)c1. The van der Waals surface area contributed by atoms with E-state index in [1.807, 2.05) is 29.2 Å². The lowest BCUT2D eigenvalue weighted by atomic mass is 10.1. The second-order valence-electron chi connectivity index (χ2n) is 4.95. The van der Waals surface area contributed by atoms with Crippen LogP contribution in [-0.4, -0.2) is 16.3 Å². The fourth-order valence-corrected chi connectivity index (χ4v) is 2.60. The van der Waals surface area contributed by atoms with Crippen molar-refractivity contribution in [2.24, 2.45) is 0 Å². The van der Waals surface area contributed by atoms with Gasteiger partial charge in [0, 0.05) is 34.4 Å². The molecule has 1 heterocycles. The van der Waals surface area contributed by atoms with E-state index in [-0.39, 0.29) is 6.04 Å². The van der Waals surface area contributed by atoms with E-state index in [4.69, 9.17) is 4.74 Å². The summed E-state index contributed by atoms with van der Waals surface area (Å²) in [7, 11) is 0. The molecule has 1 aromatic carbocycles. The first-order valence-corrected chi connectivity index (χ1v) is 8.10. The Bertz CT molecular complexity index is 583. The number of hydrogen-bond donors (Lipinski definition) is 1. The van der Waals surface area contributed by atoms with Crippen LogP contribution in [0.5, 0.6) is 5.75 Å². The summed E-state index contributed by atoms with van der Waals surface area (Å²) in [5, 5.41) is 7.69. The van der Waals surface area contributed by atoms with Crippen LogP contribution >= 0.6 is 15.9 Å². The average molecular weight is 352 g/mol. The molecule has 0 fully saturated rings. The number of ether oxygens (including phenoxy) is 1. The molecule has 0 spiro atoms. The number of benzene rings is 1. The molecule has 0 saturated carbocycles. The molecule has 0 saturated heterocycles. The van der Waals surface area contributed by atoms with Gasteiger partial charge in [-0.2, -0.15) is 5.10 Å². The lowest BCUT2D eigenvalue weighted by molar-refractivity contribution is 0.299. The zero-order chi connectivity index (χ0) is 15.2. The molecule has 0 aliphatic rings. The third-order valence-corrected chi connectivity index (χ3v) is 3.85. The van der Waals surface area contributed by atoms with Crippen LogP contribution in [0.2, 0.25) is 0 Å². The van der Waals surface area contributed by atoms with E-state index in [1.54, 1.807) is 0 Å². The second-order valence-corrected chi connectivity index (χ2v) is 5.87. The molecule has 5 heteroatoms. The van der Waals surface area contributed by atoms with Gasteiger partial charge in [-0.15, -0.1) is 0 Å². The number of aryl methyl sites for hydroxylation is 1. The topological polar surface area (TPSA) is 39.1 Å². The second kappa shape index (κ2) is 7.61. The van der Waals surface area contributed by atoms with Crippen LogP contribution in [0.4, 0.5) is 0 Å². The number of rotatable bonds is 7. The molecule has 2 rings (SSSR count). The fraction of sp³-hybridized carbons (Fsp3) is 0.438. The van der Waals surface area contributed by atoms with Gasteiger partial charge in [-0.05, 0) is 38.6 Å². The largest absolute Gasteiger partial charge is 0.488 e. The average Bonchev–Trinajstić information content (AvgIpc) is 2.94. The molecule has 114 valence electrons. The molecular weight excluding hydrogens is 330 g/mol. The van der Waals surface area contributed by atoms with Gasteiger partial charge in [-0.25, -0.2) is 0 Å². The Labute approximate surface area is 134 Å². The Balaban J connectivity index is 2.11. The fourth-order valence-electron chi connectivity index (χ4n) is 2.22. The van der Waals surface area contributed by atoms with Gasteiger partial charge in [-0.3, -0.25) is 4.68 Å². The molecule has 0 radical (unpaired) electrons. The van der Waals surface area contributed by atoms with Gasteiger partial charge in [0.2, 0.25) is 0 Å². The summed E-state index contributed by atoms with van der Waals surface area (Å²) in [6, 6.07) is 6.38. The first kappa shape index (κ1) is 16.0. The van der Waals surface area contributed by atoms with Crippen molar-refractivity contribution < 1.29 is 4.74 Å². The minimum atomic E-state index is 0.251. The van der Waals surface area contributed by atoms with E-state index >= 15 is 0 Å². The van der Waals surface area contributed by atoms with Crippen molar-refractivity contribution in [1.29, 1.82) is 0 Å². The van der Waals surface area contributed by atoms with Gasteiger partial charge in [-0.1, -0.05) is 22.9 Å². The van der Waals surface area contributed by atoms with Crippen LogP contribution in [0.25, 0.3) is 0 Å². The van der Waals surface area contributed by atoms with Crippen LogP contribution in [-0.2, 0) is 13.2 Å². The van der Waals surface area contributed by atoms with Crippen molar-refractivity contribution in [2.75, 3.05) is 6.54 Å². The van der Waals surface area contributed by atoms with E-state index in [0.717, 1.165) is 34.4 Å². The molecule has 4 nitrogen and oxygen atoms in total. The minimum Gasteiger partial charge on any atom is -0.488 e. The van der Waals surface area contributed by atoms with E-state index in [0.29, 0.717) is 6.61 Å². The summed E-state index contributed by atoms with van der Waals surface area (Å²) in [5.41, 5.74) is 2.25. The van der Waals surface area contributed by atoms with E-state index < -0.39 is 0 Å². The van der Waals surface area contributed by atoms with Gasteiger partial charge >= 0.3 is 0 Å². The van der Waals surface area contributed by atoms with Crippen molar-refractivity contribution in [3.05, 3.63) is 46.2 Å². The van der Waals surface area contributed by atoms with Gasteiger partial charge in [0.05, 0.1) is 6.20 Å². The van der Waals surface area contributed by atoms with E-state index in [2.05, 4.69) is 53.2 Å². The minimum absolute atomic E-state index is 0.251. The molecule has 0 bridgehead atoms. The molecule has 0 aliphatic carbocycles. The maximum atomic E-state index is 5.99. The summed E-state index contributed by atoms with van der Waals surface area (Å²) in [6.07, 6.45) is 3.88. The molecule has 21 heavy (non-hydrogen) atoms. The van der Waals surface area contributed by atoms with Crippen molar-refractivity contribution in [3.63, 3.8) is 0 Å². The van der Waals surface area contributed by atoms with Crippen molar-refractivity contribution in [1.82, 2.24) is 15.1 Å². The summed E-state index contributed by atoms with van der Waals surface area (Å²) in [6.45, 7) is 8.66. The number of aromatic nitrogens is 2. The summed E-state index contributed by atoms with van der Waals surface area (Å²) in [4.78, 5) is 0.